The van der Waals surface area contributed by atoms with Gasteiger partial charge >= 0.3 is 0 Å². The summed E-state index contributed by atoms with van der Waals surface area (Å²) in [5.41, 5.74) is 8.71. The van der Waals surface area contributed by atoms with Crippen LogP contribution in [-0.4, -0.2) is 19.5 Å². The monoisotopic (exact) mass is 756 g/mol. The van der Waals surface area contributed by atoms with Gasteiger partial charge in [-0.1, -0.05) is 164 Å². The molecule has 3 aromatic heterocycles. The smallest absolute Gasteiger partial charge is 0.164 e. The van der Waals surface area contributed by atoms with Crippen molar-refractivity contribution in [1.82, 2.24) is 19.5 Å². The number of hydrogen-bond donors (Lipinski definition) is 0. The Bertz CT molecular complexity index is 3470. The fourth-order valence-corrected chi connectivity index (χ4v) is 9.97. The highest BCUT2D eigenvalue weighted by atomic mass is 32.1. The quantitative estimate of drug-likeness (QED) is 0.176. The van der Waals surface area contributed by atoms with Gasteiger partial charge in [-0.3, -0.25) is 0 Å². The van der Waals surface area contributed by atoms with Crippen LogP contribution < -0.4 is 0 Å². The summed E-state index contributed by atoms with van der Waals surface area (Å²) in [5, 5.41) is 10.1. The van der Waals surface area contributed by atoms with Crippen LogP contribution in [0.5, 0.6) is 0 Å². The summed E-state index contributed by atoms with van der Waals surface area (Å²) in [6.45, 7) is 0. The zero-order valence-corrected chi connectivity index (χ0v) is 32.0. The highest BCUT2D eigenvalue weighted by Gasteiger charge is 2.20. The van der Waals surface area contributed by atoms with Crippen molar-refractivity contribution in [2.24, 2.45) is 0 Å². The van der Waals surface area contributed by atoms with E-state index in [1.165, 1.54) is 69.2 Å². The number of benzene rings is 9. The van der Waals surface area contributed by atoms with E-state index in [9.17, 15) is 0 Å². The van der Waals surface area contributed by atoms with Crippen molar-refractivity contribution in [3.63, 3.8) is 0 Å². The molecule has 0 N–H and O–H groups in total. The largest absolute Gasteiger partial charge is 0.308 e. The summed E-state index contributed by atoms with van der Waals surface area (Å²) in [6, 6.07) is 69.1. The Morgan fingerprint density at radius 3 is 1.53 bits per heavy atom. The number of hydrogen-bond acceptors (Lipinski definition) is 4. The fourth-order valence-electron chi connectivity index (χ4n) is 8.73. The van der Waals surface area contributed by atoms with E-state index in [-0.39, 0.29) is 0 Å². The van der Waals surface area contributed by atoms with Gasteiger partial charge in [0.1, 0.15) is 0 Å². The van der Waals surface area contributed by atoms with Gasteiger partial charge in [0.15, 0.2) is 17.5 Å². The molecule has 9 aromatic carbocycles. The Labute approximate surface area is 338 Å². The second-order valence-corrected chi connectivity index (χ2v) is 15.8. The number of thiophene rings is 1. The number of nitrogens with zero attached hydrogens (tertiary/aromatic N) is 4. The average molecular weight is 757 g/mol. The average Bonchev–Trinajstić information content (AvgIpc) is 3.85. The molecule has 0 spiro atoms. The molecule has 0 amide bonds. The predicted octanol–water partition coefficient (Wildman–Crippen LogP) is 14.3. The van der Waals surface area contributed by atoms with Crippen molar-refractivity contribution in [2.75, 3.05) is 0 Å². The summed E-state index contributed by atoms with van der Waals surface area (Å²) >= 11 is 1.83. The van der Waals surface area contributed by atoms with E-state index >= 15 is 0 Å². The Morgan fingerprint density at radius 2 is 0.862 bits per heavy atom. The van der Waals surface area contributed by atoms with Gasteiger partial charge in [-0.15, -0.1) is 11.3 Å². The first-order valence-electron chi connectivity index (χ1n) is 19.5. The summed E-state index contributed by atoms with van der Waals surface area (Å²) in [6.07, 6.45) is 0. The van der Waals surface area contributed by atoms with E-state index in [1.54, 1.807) is 0 Å². The van der Waals surface area contributed by atoms with Gasteiger partial charge in [-0.05, 0) is 63.0 Å². The molecule has 5 heteroatoms. The molecule has 0 atom stereocenters. The molecule has 3 heterocycles. The molecule has 0 saturated carbocycles. The lowest BCUT2D eigenvalue weighted by Gasteiger charge is -2.10. The van der Waals surface area contributed by atoms with E-state index < -0.39 is 0 Å². The molecule has 0 bridgehead atoms. The summed E-state index contributed by atoms with van der Waals surface area (Å²) in [7, 11) is 0. The van der Waals surface area contributed by atoms with E-state index in [4.69, 9.17) is 15.0 Å². The van der Waals surface area contributed by atoms with Crippen LogP contribution in [0.15, 0.2) is 194 Å². The molecule has 0 aliphatic carbocycles. The van der Waals surface area contributed by atoms with Crippen molar-refractivity contribution in [3.8, 4) is 51.0 Å². The lowest BCUT2D eigenvalue weighted by Crippen LogP contribution is -2.00. The van der Waals surface area contributed by atoms with Crippen LogP contribution in [0.4, 0.5) is 0 Å². The standard InChI is InChI=1S/C53H32N4S/c1-3-13-33(14-4-1)37-19-11-20-38(31-37)52-54-51(36-17-5-2-6-18-36)55-53(56-52)39-25-28-42-43-23-12-24-46(50(43)58-47(42)32-39)57-44-29-26-34-15-7-9-21-40(34)48(44)49-41-22-10-8-16-35(41)27-30-45(49)57/h1-32H. The van der Waals surface area contributed by atoms with Crippen LogP contribution in [0, 0.1) is 0 Å². The molecule has 270 valence electrons. The zero-order valence-electron chi connectivity index (χ0n) is 31.2. The van der Waals surface area contributed by atoms with Crippen LogP contribution >= 0.6 is 11.3 Å². The van der Waals surface area contributed by atoms with E-state index in [2.05, 4.69) is 174 Å². The molecule has 0 radical (unpaired) electrons. The molecule has 0 unspecified atom stereocenters. The lowest BCUT2D eigenvalue weighted by molar-refractivity contribution is 1.07. The van der Waals surface area contributed by atoms with Gasteiger partial charge in [-0.2, -0.15) is 0 Å². The van der Waals surface area contributed by atoms with Crippen molar-refractivity contribution in [3.05, 3.63) is 194 Å². The summed E-state index contributed by atoms with van der Waals surface area (Å²) in [4.78, 5) is 15.3. The molecule has 58 heavy (non-hydrogen) atoms. The molecular weight excluding hydrogens is 725 g/mol. The molecule has 0 aliphatic heterocycles. The first kappa shape index (κ1) is 32.7. The number of fused-ring (bicyclic) bond motifs is 10. The minimum absolute atomic E-state index is 0.645. The van der Waals surface area contributed by atoms with Crippen LogP contribution in [0.25, 0.3) is 115 Å². The molecule has 0 fully saturated rings. The molecule has 4 nitrogen and oxygen atoms in total. The predicted molar refractivity (Wildman–Crippen MR) is 244 cm³/mol. The Morgan fingerprint density at radius 1 is 0.345 bits per heavy atom. The first-order valence-corrected chi connectivity index (χ1v) is 20.3. The van der Waals surface area contributed by atoms with Gasteiger partial charge in [0.05, 0.1) is 21.4 Å². The van der Waals surface area contributed by atoms with Crippen molar-refractivity contribution in [1.29, 1.82) is 0 Å². The fraction of sp³-hybridized carbons (Fsp3) is 0. The normalized spacial score (nSPS) is 11.8. The topological polar surface area (TPSA) is 43.6 Å². The molecule has 12 rings (SSSR count). The maximum atomic E-state index is 5.15. The van der Waals surface area contributed by atoms with Gasteiger partial charge < -0.3 is 4.57 Å². The second-order valence-electron chi connectivity index (χ2n) is 14.8. The number of aromatic nitrogens is 4. The number of rotatable bonds is 5. The minimum atomic E-state index is 0.645. The third-order valence-electron chi connectivity index (χ3n) is 11.4. The SMILES string of the molecule is c1ccc(-c2cccc(-c3nc(-c4ccccc4)nc(-c4ccc5c(c4)sc4c(-n6c7ccc8ccccc8c7c7c8ccccc8ccc76)cccc45)n3)c2)cc1. The van der Waals surface area contributed by atoms with Crippen LogP contribution in [0.3, 0.4) is 0 Å². The van der Waals surface area contributed by atoms with Gasteiger partial charge in [-0.25, -0.2) is 15.0 Å². The van der Waals surface area contributed by atoms with Gasteiger partial charge in [0.2, 0.25) is 0 Å². The highest BCUT2D eigenvalue weighted by Crippen LogP contribution is 2.45. The molecular formula is C53H32N4S. The Balaban J connectivity index is 1.06. The highest BCUT2D eigenvalue weighted by molar-refractivity contribution is 7.26. The Hall–Kier alpha value is -7.47. The van der Waals surface area contributed by atoms with Crippen LogP contribution in [-0.2, 0) is 0 Å². The maximum Gasteiger partial charge on any atom is 0.164 e. The minimum Gasteiger partial charge on any atom is -0.308 e. The lowest BCUT2D eigenvalue weighted by atomic mass is 10.00. The van der Waals surface area contributed by atoms with Crippen LogP contribution in [0.1, 0.15) is 0 Å². The maximum absolute atomic E-state index is 5.15. The third kappa shape index (κ3) is 5.18. The van der Waals surface area contributed by atoms with E-state index in [0.717, 1.165) is 27.8 Å². The van der Waals surface area contributed by atoms with Gasteiger partial charge in [0.25, 0.3) is 0 Å². The molecule has 0 aliphatic rings. The molecule has 0 saturated heterocycles. The van der Waals surface area contributed by atoms with Crippen LogP contribution in [0.2, 0.25) is 0 Å². The summed E-state index contributed by atoms with van der Waals surface area (Å²) in [5.74, 6) is 1.94. The van der Waals surface area contributed by atoms with Crippen molar-refractivity contribution >= 4 is 74.9 Å². The van der Waals surface area contributed by atoms with Gasteiger partial charge in [0, 0.05) is 42.9 Å². The first-order chi connectivity index (χ1) is 28.7. The molecule has 12 aromatic rings. The van der Waals surface area contributed by atoms with E-state index in [1.807, 2.05) is 35.6 Å². The summed E-state index contributed by atoms with van der Waals surface area (Å²) < 4.78 is 4.91. The zero-order chi connectivity index (χ0) is 38.2. The van der Waals surface area contributed by atoms with Crippen molar-refractivity contribution in [2.45, 2.75) is 0 Å². The Kier molecular flexibility index (Phi) is 7.37. The van der Waals surface area contributed by atoms with Crippen molar-refractivity contribution < 1.29 is 0 Å². The second kappa shape index (κ2) is 13.1. The third-order valence-corrected chi connectivity index (χ3v) is 12.6. The van der Waals surface area contributed by atoms with E-state index in [0.29, 0.717) is 17.5 Å².